The Morgan fingerprint density at radius 2 is 1.62 bits per heavy atom. The van der Waals surface area contributed by atoms with E-state index in [1.54, 1.807) is 39.3 Å². The number of nitrogens with one attached hydrogen (secondary N) is 1. The van der Waals surface area contributed by atoms with Crippen molar-refractivity contribution in [2.24, 2.45) is 0 Å². The molecule has 0 fully saturated rings. The van der Waals surface area contributed by atoms with Crippen LogP contribution in [-0.2, 0) is 6.42 Å². The second-order valence-electron chi connectivity index (χ2n) is 7.44. The molecule has 1 N–H and O–H groups in total. The minimum Gasteiger partial charge on any atom is -0.495 e. The van der Waals surface area contributed by atoms with Gasteiger partial charge in [0.1, 0.15) is 16.9 Å². The number of hydrogen-bond donors (Lipinski definition) is 1. The van der Waals surface area contributed by atoms with E-state index in [9.17, 15) is 4.79 Å². The molecule has 4 aromatic rings. The van der Waals surface area contributed by atoms with Crippen LogP contribution in [0.4, 0.5) is 10.5 Å². The van der Waals surface area contributed by atoms with E-state index in [1.165, 1.54) is 0 Å². The average Bonchev–Trinajstić information content (AvgIpc) is 3.18. The van der Waals surface area contributed by atoms with E-state index in [1.807, 2.05) is 48.5 Å². The maximum absolute atomic E-state index is 12.8. The molecule has 0 atom stereocenters. The van der Waals surface area contributed by atoms with Gasteiger partial charge in [0.25, 0.3) is 0 Å². The Hall–Kier alpha value is -3.87. The van der Waals surface area contributed by atoms with Crippen molar-refractivity contribution in [3.63, 3.8) is 0 Å². The number of carbonyl (C=O) groups excluding carboxylic acids is 1. The summed E-state index contributed by atoms with van der Waals surface area (Å²) < 4.78 is 22.1. The third kappa shape index (κ3) is 4.14. The van der Waals surface area contributed by atoms with Crippen molar-refractivity contribution in [3.05, 3.63) is 60.2 Å². The van der Waals surface area contributed by atoms with E-state index in [-0.39, 0.29) is 6.03 Å². The SMILES string of the molecule is COc1cc2c(cc1NC(=O)N(C)CCc1ccc(OC)c(OC)c1)oc1ccccc12. The number of likely N-dealkylation sites (N-methyl/N-ethyl adjacent to an activating group) is 1. The van der Waals surface area contributed by atoms with E-state index in [4.69, 9.17) is 18.6 Å². The number of benzene rings is 3. The molecule has 3 aromatic carbocycles. The van der Waals surface area contributed by atoms with Gasteiger partial charge in [0.15, 0.2) is 11.5 Å². The van der Waals surface area contributed by atoms with Crippen LogP contribution >= 0.6 is 0 Å². The van der Waals surface area contributed by atoms with Crippen molar-refractivity contribution in [2.75, 3.05) is 40.2 Å². The number of furan rings is 1. The Kier molecular flexibility index (Phi) is 6.07. The molecule has 7 heteroatoms. The second-order valence-corrected chi connectivity index (χ2v) is 7.44. The molecule has 4 rings (SSSR count). The lowest BCUT2D eigenvalue weighted by Crippen LogP contribution is -2.33. The van der Waals surface area contributed by atoms with Crippen LogP contribution in [0.1, 0.15) is 5.56 Å². The van der Waals surface area contributed by atoms with E-state index < -0.39 is 0 Å². The van der Waals surface area contributed by atoms with Crippen molar-refractivity contribution < 1.29 is 23.4 Å². The standard InChI is InChI=1S/C25H26N2O5/c1-27(12-11-16-9-10-21(29-2)24(13-16)31-4)25(28)26-19-15-22-18(14-23(19)30-3)17-7-5-6-8-20(17)32-22/h5-10,13-15H,11-12H2,1-4H3,(H,26,28). The Balaban J connectivity index is 1.48. The highest BCUT2D eigenvalue weighted by atomic mass is 16.5. The number of anilines is 1. The summed E-state index contributed by atoms with van der Waals surface area (Å²) in [5.41, 5.74) is 3.08. The van der Waals surface area contributed by atoms with E-state index in [2.05, 4.69) is 5.32 Å². The molecule has 1 heterocycles. The smallest absolute Gasteiger partial charge is 0.321 e. The highest BCUT2D eigenvalue weighted by Gasteiger charge is 2.16. The van der Waals surface area contributed by atoms with E-state index in [0.29, 0.717) is 41.5 Å². The lowest BCUT2D eigenvalue weighted by molar-refractivity contribution is 0.223. The molecule has 32 heavy (non-hydrogen) atoms. The van der Waals surface area contributed by atoms with Gasteiger partial charge in [0.2, 0.25) is 0 Å². The summed E-state index contributed by atoms with van der Waals surface area (Å²) in [5.74, 6) is 1.92. The van der Waals surface area contributed by atoms with E-state index >= 15 is 0 Å². The number of carbonyl (C=O) groups is 1. The summed E-state index contributed by atoms with van der Waals surface area (Å²) in [5, 5.41) is 4.88. The molecule has 0 unspecified atom stereocenters. The summed E-state index contributed by atoms with van der Waals surface area (Å²) >= 11 is 0. The summed E-state index contributed by atoms with van der Waals surface area (Å²) in [6.07, 6.45) is 0.671. The minimum atomic E-state index is -0.237. The number of nitrogens with zero attached hydrogens (tertiary/aromatic N) is 1. The average molecular weight is 434 g/mol. The molecule has 7 nitrogen and oxygen atoms in total. The molecule has 166 valence electrons. The number of hydrogen-bond acceptors (Lipinski definition) is 5. The zero-order valence-corrected chi connectivity index (χ0v) is 18.6. The Morgan fingerprint density at radius 3 is 2.38 bits per heavy atom. The molecule has 0 aliphatic carbocycles. The van der Waals surface area contributed by atoms with Crippen molar-refractivity contribution >= 4 is 33.7 Å². The van der Waals surface area contributed by atoms with Gasteiger partial charge in [-0.15, -0.1) is 0 Å². The summed E-state index contributed by atoms with van der Waals surface area (Å²) in [4.78, 5) is 14.4. The first-order chi connectivity index (χ1) is 15.5. The molecule has 0 aliphatic heterocycles. The van der Waals surface area contributed by atoms with Gasteiger partial charge >= 0.3 is 6.03 Å². The lowest BCUT2D eigenvalue weighted by atomic mass is 10.1. The number of ether oxygens (including phenoxy) is 3. The zero-order valence-electron chi connectivity index (χ0n) is 18.6. The van der Waals surface area contributed by atoms with Crippen LogP contribution in [0.25, 0.3) is 21.9 Å². The molecule has 0 saturated carbocycles. The van der Waals surface area contributed by atoms with Crippen LogP contribution in [0.5, 0.6) is 17.2 Å². The summed E-state index contributed by atoms with van der Waals surface area (Å²) in [7, 11) is 6.54. The maximum atomic E-state index is 12.8. The molecule has 2 amide bonds. The number of amides is 2. The first-order valence-electron chi connectivity index (χ1n) is 10.3. The molecular formula is C25H26N2O5. The molecule has 0 radical (unpaired) electrons. The molecule has 0 aliphatic rings. The number of fused-ring (bicyclic) bond motifs is 3. The largest absolute Gasteiger partial charge is 0.495 e. The normalized spacial score (nSPS) is 10.9. The van der Waals surface area contributed by atoms with Gasteiger partial charge < -0.3 is 28.8 Å². The number of rotatable bonds is 7. The van der Waals surface area contributed by atoms with Crippen molar-refractivity contribution in [2.45, 2.75) is 6.42 Å². The Labute approximate surface area is 186 Å². The zero-order chi connectivity index (χ0) is 22.7. The predicted molar refractivity (Wildman–Crippen MR) is 125 cm³/mol. The first-order valence-corrected chi connectivity index (χ1v) is 10.3. The van der Waals surface area contributed by atoms with Crippen molar-refractivity contribution in [1.82, 2.24) is 4.90 Å². The minimum absolute atomic E-state index is 0.237. The topological polar surface area (TPSA) is 73.2 Å². The molecule has 0 spiro atoms. The molecule has 0 bridgehead atoms. The Morgan fingerprint density at radius 1 is 0.875 bits per heavy atom. The number of urea groups is 1. The molecule has 1 aromatic heterocycles. The van der Waals surface area contributed by atoms with E-state index in [0.717, 1.165) is 21.9 Å². The van der Waals surface area contributed by atoms with Crippen LogP contribution in [0.15, 0.2) is 59.0 Å². The lowest BCUT2D eigenvalue weighted by Gasteiger charge is -2.19. The fraction of sp³-hybridized carbons (Fsp3) is 0.240. The van der Waals surface area contributed by atoms with Gasteiger partial charge in [-0.2, -0.15) is 0 Å². The highest BCUT2D eigenvalue weighted by Crippen LogP contribution is 2.36. The first kappa shape index (κ1) is 21.4. The van der Waals surface area contributed by atoms with Gasteiger partial charge in [0.05, 0.1) is 27.0 Å². The fourth-order valence-corrected chi connectivity index (χ4v) is 3.66. The van der Waals surface area contributed by atoms with Gasteiger partial charge in [-0.05, 0) is 36.2 Å². The molecule has 0 saturated heterocycles. The second kappa shape index (κ2) is 9.09. The Bertz CT molecular complexity index is 1260. The molecular weight excluding hydrogens is 408 g/mol. The monoisotopic (exact) mass is 434 g/mol. The fourth-order valence-electron chi connectivity index (χ4n) is 3.66. The summed E-state index contributed by atoms with van der Waals surface area (Å²) in [6, 6.07) is 17.0. The van der Waals surface area contributed by atoms with Gasteiger partial charge in [-0.25, -0.2) is 4.79 Å². The van der Waals surface area contributed by atoms with Crippen LogP contribution in [0.2, 0.25) is 0 Å². The van der Waals surface area contributed by atoms with Gasteiger partial charge in [0, 0.05) is 30.4 Å². The summed E-state index contributed by atoms with van der Waals surface area (Å²) in [6.45, 7) is 0.524. The third-order valence-corrected chi connectivity index (χ3v) is 5.47. The quantitative estimate of drug-likeness (QED) is 0.426. The van der Waals surface area contributed by atoms with Crippen molar-refractivity contribution in [3.8, 4) is 17.2 Å². The number of methoxy groups -OCH3 is 3. The maximum Gasteiger partial charge on any atom is 0.321 e. The van der Waals surface area contributed by atoms with Crippen LogP contribution < -0.4 is 19.5 Å². The van der Waals surface area contributed by atoms with Crippen LogP contribution in [-0.4, -0.2) is 45.9 Å². The number of para-hydroxylation sites is 1. The van der Waals surface area contributed by atoms with Crippen molar-refractivity contribution in [1.29, 1.82) is 0 Å². The van der Waals surface area contributed by atoms with Crippen LogP contribution in [0.3, 0.4) is 0 Å². The highest BCUT2D eigenvalue weighted by molar-refractivity contribution is 6.07. The van der Waals surface area contributed by atoms with Gasteiger partial charge in [-0.3, -0.25) is 0 Å². The van der Waals surface area contributed by atoms with Crippen LogP contribution in [0, 0.1) is 0 Å². The third-order valence-electron chi connectivity index (χ3n) is 5.47. The predicted octanol–water partition coefficient (Wildman–Crippen LogP) is 5.32. The van der Waals surface area contributed by atoms with Gasteiger partial charge in [-0.1, -0.05) is 24.3 Å².